The van der Waals surface area contributed by atoms with Gasteiger partial charge in [0.15, 0.2) is 5.11 Å². The van der Waals surface area contributed by atoms with E-state index in [1.165, 1.54) is 5.56 Å². The van der Waals surface area contributed by atoms with E-state index in [1.54, 1.807) is 19.1 Å². The van der Waals surface area contributed by atoms with Crippen molar-refractivity contribution in [1.29, 1.82) is 0 Å². The molecule has 0 aliphatic carbocycles. The van der Waals surface area contributed by atoms with Gasteiger partial charge in [-0.05, 0) is 94.2 Å². The summed E-state index contributed by atoms with van der Waals surface area (Å²) in [6.45, 7) is 8.90. The number of carbonyl (C=O) groups excluding carboxylic acids is 1. The molecular weight excluding hydrogens is 384 g/mol. The molecule has 2 N–H and O–H groups in total. The van der Waals surface area contributed by atoms with E-state index in [1.807, 2.05) is 39.0 Å². The smallest absolute Gasteiger partial charge is 0.338 e. The molecule has 0 heterocycles. The van der Waals surface area contributed by atoms with Crippen molar-refractivity contribution >= 4 is 29.0 Å². The molecule has 2 aromatic rings. The van der Waals surface area contributed by atoms with Gasteiger partial charge in [0.25, 0.3) is 0 Å². The van der Waals surface area contributed by atoms with Crippen LogP contribution in [0, 0.1) is 6.92 Å². The second-order valence-electron chi connectivity index (χ2n) is 7.05. The molecule has 5 nitrogen and oxygen atoms in total. The first kappa shape index (κ1) is 22.7. The van der Waals surface area contributed by atoms with Gasteiger partial charge in [0, 0.05) is 12.2 Å². The molecule has 0 atom stereocenters. The predicted molar refractivity (Wildman–Crippen MR) is 122 cm³/mol. The molecule has 2 rings (SSSR count). The van der Waals surface area contributed by atoms with Gasteiger partial charge in [-0.3, -0.25) is 0 Å². The molecule has 0 saturated carbocycles. The number of benzene rings is 2. The van der Waals surface area contributed by atoms with E-state index in [2.05, 4.69) is 22.8 Å². The topological polar surface area (TPSA) is 59.6 Å². The van der Waals surface area contributed by atoms with Gasteiger partial charge in [-0.1, -0.05) is 12.1 Å². The SMILES string of the molecule is CCOC(=O)c1ccc(NC(=S)NCCCc2ccc(OC(C)C)cc2)c(C)c1. The van der Waals surface area contributed by atoms with Gasteiger partial charge in [-0.25, -0.2) is 4.79 Å². The molecule has 0 aromatic heterocycles. The molecule has 0 aliphatic rings. The van der Waals surface area contributed by atoms with Crippen molar-refractivity contribution < 1.29 is 14.3 Å². The zero-order valence-electron chi connectivity index (χ0n) is 17.6. The number of ether oxygens (including phenoxy) is 2. The first-order valence-corrected chi connectivity index (χ1v) is 10.4. The first-order valence-electron chi connectivity index (χ1n) is 9.97. The Kier molecular flexibility index (Phi) is 8.93. The monoisotopic (exact) mass is 414 g/mol. The normalized spacial score (nSPS) is 10.5. The fourth-order valence-corrected chi connectivity index (χ4v) is 3.03. The van der Waals surface area contributed by atoms with Crippen molar-refractivity contribution in [3.8, 4) is 5.75 Å². The van der Waals surface area contributed by atoms with Gasteiger partial charge < -0.3 is 20.1 Å². The highest BCUT2D eigenvalue weighted by Gasteiger charge is 2.09. The van der Waals surface area contributed by atoms with Crippen molar-refractivity contribution in [2.75, 3.05) is 18.5 Å². The number of hydrogen-bond acceptors (Lipinski definition) is 4. The Morgan fingerprint density at radius 2 is 1.86 bits per heavy atom. The minimum atomic E-state index is -0.313. The van der Waals surface area contributed by atoms with E-state index < -0.39 is 0 Å². The number of rotatable bonds is 9. The maximum Gasteiger partial charge on any atom is 0.338 e. The minimum Gasteiger partial charge on any atom is -0.491 e. The fourth-order valence-electron chi connectivity index (χ4n) is 2.81. The number of nitrogens with one attached hydrogen (secondary N) is 2. The van der Waals surface area contributed by atoms with Crippen molar-refractivity contribution in [3.05, 3.63) is 59.2 Å². The molecule has 156 valence electrons. The van der Waals surface area contributed by atoms with Gasteiger partial charge in [-0.15, -0.1) is 0 Å². The van der Waals surface area contributed by atoms with Crippen LogP contribution in [0.2, 0.25) is 0 Å². The Hall–Kier alpha value is -2.60. The number of thiocarbonyl (C=S) groups is 1. The Labute approximate surface area is 178 Å². The summed E-state index contributed by atoms with van der Waals surface area (Å²) in [5.74, 6) is 0.586. The van der Waals surface area contributed by atoms with E-state index in [4.69, 9.17) is 21.7 Å². The van der Waals surface area contributed by atoms with E-state index in [0.717, 1.165) is 36.4 Å². The van der Waals surface area contributed by atoms with Crippen molar-refractivity contribution in [3.63, 3.8) is 0 Å². The third-order valence-electron chi connectivity index (χ3n) is 4.21. The van der Waals surface area contributed by atoms with Gasteiger partial charge in [-0.2, -0.15) is 0 Å². The van der Waals surface area contributed by atoms with Crippen LogP contribution in [-0.2, 0) is 11.2 Å². The zero-order valence-corrected chi connectivity index (χ0v) is 18.4. The molecule has 0 bridgehead atoms. The summed E-state index contributed by atoms with van der Waals surface area (Å²) in [5.41, 5.74) is 3.62. The van der Waals surface area contributed by atoms with Crippen molar-refractivity contribution in [1.82, 2.24) is 5.32 Å². The lowest BCUT2D eigenvalue weighted by Crippen LogP contribution is -2.29. The van der Waals surface area contributed by atoms with Crippen LogP contribution in [0.15, 0.2) is 42.5 Å². The van der Waals surface area contributed by atoms with Crippen molar-refractivity contribution in [2.45, 2.75) is 46.6 Å². The number of hydrogen-bond donors (Lipinski definition) is 2. The lowest BCUT2D eigenvalue weighted by Gasteiger charge is -2.13. The highest BCUT2D eigenvalue weighted by molar-refractivity contribution is 7.80. The molecule has 29 heavy (non-hydrogen) atoms. The maximum atomic E-state index is 11.8. The second-order valence-corrected chi connectivity index (χ2v) is 7.45. The fraction of sp³-hybridized carbons (Fsp3) is 0.391. The summed E-state index contributed by atoms with van der Waals surface area (Å²) in [7, 11) is 0. The summed E-state index contributed by atoms with van der Waals surface area (Å²) >= 11 is 5.38. The van der Waals surface area contributed by atoms with E-state index in [-0.39, 0.29) is 12.1 Å². The van der Waals surface area contributed by atoms with Crippen LogP contribution in [0.4, 0.5) is 5.69 Å². The van der Waals surface area contributed by atoms with Crippen LogP contribution in [0.1, 0.15) is 48.7 Å². The molecule has 0 aliphatic heterocycles. The Balaban J connectivity index is 1.75. The lowest BCUT2D eigenvalue weighted by molar-refractivity contribution is 0.0526. The molecule has 2 aromatic carbocycles. The molecule has 0 spiro atoms. The first-order chi connectivity index (χ1) is 13.9. The van der Waals surface area contributed by atoms with Crippen LogP contribution in [0.25, 0.3) is 0 Å². The molecular formula is C23H30N2O3S. The predicted octanol–water partition coefficient (Wildman–Crippen LogP) is 4.88. The average molecular weight is 415 g/mol. The number of anilines is 1. The summed E-state index contributed by atoms with van der Waals surface area (Å²) in [6.07, 6.45) is 2.11. The van der Waals surface area contributed by atoms with Crippen LogP contribution in [0.5, 0.6) is 5.75 Å². The van der Waals surface area contributed by atoms with E-state index in [0.29, 0.717) is 17.3 Å². The molecule has 0 amide bonds. The van der Waals surface area contributed by atoms with Gasteiger partial charge in [0.1, 0.15) is 5.75 Å². The molecule has 0 saturated heterocycles. The van der Waals surface area contributed by atoms with E-state index in [9.17, 15) is 4.79 Å². The second kappa shape index (κ2) is 11.4. The Morgan fingerprint density at radius 1 is 1.14 bits per heavy atom. The highest BCUT2D eigenvalue weighted by Crippen LogP contribution is 2.17. The Morgan fingerprint density at radius 3 is 2.48 bits per heavy atom. The molecule has 0 radical (unpaired) electrons. The number of aryl methyl sites for hydroxylation is 2. The summed E-state index contributed by atoms with van der Waals surface area (Å²) in [6, 6.07) is 13.6. The lowest BCUT2D eigenvalue weighted by atomic mass is 10.1. The van der Waals surface area contributed by atoms with Crippen LogP contribution < -0.4 is 15.4 Å². The van der Waals surface area contributed by atoms with Gasteiger partial charge >= 0.3 is 5.97 Å². The molecule has 0 unspecified atom stereocenters. The molecule has 6 heteroatoms. The highest BCUT2D eigenvalue weighted by atomic mass is 32.1. The third kappa shape index (κ3) is 7.74. The largest absolute Gasteiger partial charge is 0.491 e. The van der Waals surface area contributed by atoms with Crippen LogP contribution in [0.3, 0.4) is 0 Å². The number of esters is 1. The summed E-state index contributed by atoms with van der Waals surface area (Å²) < 4.78 is 10.7. The number of carbonyl (C=O) groups is 1. The van der Waals surface area contributed by atoms with E-state index >= 15 is 0 Å². The minimum absolute atomic E-state index is 0.184. The standard InChI is InChI=1S/C23H30N2O3S/c1-5-27-22(26)19-10-13-21(17(4)15-19)25-23(29)24-14-6-7-18-8-11-20(12-9-18)28-16(2)3/h8-13,15-16H,5-7,14H2,1-4H3,(H2,24,25,29). The summed E-state index contributed by atoms with van der Waals surface area (Å²) in [4.78, 5) is 11.8. The maximum absolute atomic E-state index is 11.8. The average Bonchev–Trinajstić information content (AvgIpc) is 2.68. The summed E-state index contributed by atoms with van der Waals surface area (Å²) in [5, 5.41) is 6.98. The van der Waals surface area contributed by atoms with Crippen molar-refractivity contribution in [2.24, 2.45) is 0 Å². The van der Waals surface area contributed by atoms with Crippen LogP contribution in [-0.4, -0.2) is 30.3 Å². The molecule has 0 fully saturated rings. The Bertz CT molecular complexity index is 819. The quantitative estimate of drug-likeness (QED) is 0.347. The zero-order chi connectivity index (χ0) is 21.2. The van der Waals surface area contributed by atoms with Gasteiger partial charge in [0.05, 0.1) is 18.3 Å². The van der Waals surface area contributed by atoms with Crippen LogP contribution >= 0.6 is 12.2 Å². The van der Waals surface area contributed by atoms with Gasteiger partial charge in [0.2, 0.25) is 0 Å². The third-order valence-corrected chi connectivity index (χ3v) is 4.46.